The average molecular weight is 240 g/mol. The normalized spacial score (nSPS) is 35.3. The molecule has 6 nitrogen and oxygen atoms in total. The Kier molecular flexibility index (Phi) is 2.38. The zero-order valence-electron chi connectivity index (χ0n) is 9.52. The Morgan fingerprint density at radius 2 is 2.12 bits per heavy atom. The van der Waals surface area contributed by atoms with Crippen LogP contribution >= 0.6 is 0 Å². The van der Waals surface area contributed by atoms with Gasteiger partial charge in [0, 0.05) is 0 Å². The predicted molar refractivity (Wildman–Crippen MR) is 57.2 cm³/mol. The molecule has 3 saturated heterocycles. The van der Waals surface area contributed by atoms with Crippen molar-refractivity contribution in [2.24, 2.45) is 0 Å². The minimum Gasteiger partial charge on any atom is -0.480 e. The van der Waals surface area contributed by atoms with Gasteiger partial charge in [-0.15, -0.1) is 0 Å². The number of hydrogen-bond donors (Lipinski definition) is 2. The van der Waals surface area contributed by atoms with E-state index in [2.05, 4.69) is 5.32 Å². The molecule has 3 aliphatic heterocycles. The van der Waals surface area contributed by atoms with Crippen LogP contribution in [0.3, 0.4) is 0 Å². The molecule has 0 aliphatic carbocycles. The predicted octanol–water partition coefficient (Wildman–Crippen LogP) is -0.460. The van der Waals surface area contributed by atoms with E-state index in [1.807, 2.05) is 0 Å². The standard InChI is InChI=1S/C11H16N2O4/c14-9(15)7-1-2-8-13(7)10(16)11(17-8)3-5-12-6-4-11/h7-8,12H,1-6H2,(H,14,15)/t7-,8+/m0/s1. The molecule has 0 aromatic rings. The summed E-state index contributed by atoms with van der Waals surface area (Å²) in [4.78, 5) is 24.9. The van der Waals surface area contributed by atoms with Crippen LogP contribution in [-0.4, -0.2) is 52.8 Å². The number of nitrogens with one attached hydrogen (secondary N) is 1. The van der Waals surface area contributed by atoms with E-state index in [1.54, 1.807) is 0 Å². The molecule has 2 N–H and O–H groups in total. The van der Waals surface area contributed by atoms with Crippen LogP contribution in [0.25, 0.3) is 0 Å². The van der Waals surface area contributed by atoms with Gasteiger partial charge in [-0.2, -0.15) is 0 Å². The van der Waals surface area contributed by atoms with E-state index in [-0.39, 0.29) is 12.1 Å². The van der Waals surface area contributed by atoms with Gasteiger partial charge in [0.05, 0.1) is 0 Å². The summed E-state index contributed by atoms with van der Waals surface area (Å²) >= 11 is 0. The van der Waals surface area contributed by atoms with E-state index < -0.39 is 17.6 Å². The SMILES string of the molecule is O=C(O)[C@@H]1CC[C@H]2OC3(CCNCC3)C(=O)N21. The van der Waals surface area contributed by atoms with Crippen LogP contribution in [0.4, 0.5) is 0 Å². The number of amides is 1. The summed E-state index contributed by atoms with van der Waals surface area (Å²) < 4.78 is 5.88. The van der Waals surface area contributed by atoms with E-state index in [0.717, 1.165) is 13.1 Å². The molecule has 17 heavy (non-hydrogen) atoms. The highest BCUT2D eigenvalue weighted by atomic mass is 16.6. The van der Waals surface area contributed by atoms with Crippen LogP contribution < -0.4 is 5.32 Å². The summed E-state index contributed by atoms with van der Waals surface area (Å²) in [7, 11) is 0. The van der Waals surface area contributed by atoms with Gasteiger partial charge in [0.1, 0.15) is 12.3 Å². The number of carbonyl (C=O) groups is 2. The fourth-order valence-electron chi connectivity index (χ4n) is 3.12. The fourth-order valence-corrected chi connectivity index (χ4v) is 3.12. The zero-order valence-corrected chi connectivity index (χ0v) is 9.52. The highest BCUT2D eigenvalue weighted by Crippen LogP contribution is 2.41. The molecule has 1 spiro atoms. The highest BCUT2D eigenvalue weighted by Gasteiger charge is 2.58. The van der Waals surface area contributed by atoms with Crippen molar-refractivity contribution < 1.29 is 19.4 Å². The number of rotatable bonds is 1. The molecule has 2 atom stereocenters. The van der Waals surface area contributed by atoms with Crippen molar-refractivity contribution in [3.8, 4) is 0 Å². The Hall–Kier alpha value is -1.14. The monoisotopic (exact) mass is 240 g/mol. The number of hydrogen-bond acceptors (Lipinski definition) is 4. The third-order valence-corrected chi connectivity index (χ3v) is 4.02. The summed E-state index contributed by atoms with van der Waals surface area (Å²) in [6, 6.07) is -0.693. The van der Waals surface area contributed by atoms with Gasteiger partial charge in [-0.1, -0.05) is 0 Å². The number of carboxylic acid groups (broad SMARTS) is 1. The molecule has 0 unspecified atom stereocenters. The van der Waals surface area contributed by atoms with Crippen molar-refractivity contribution in [3.05, 3.63) is 0 Å². The summed E-state index contributed by atoms with van der Waals surface area (Å²) in [5.74, 6) is -1.04. The van der Waals surface area contributed by atoms with E-state index in [1.165, 1.54) is 4.90 Å². The van der Waals surface area contributed by atoms with Crippen molar-refractivity contribution in [2.45, 2.75) is 43.6 Å². The zero-order chi connectivity index (χ0) is 12.0. The topological polar surface area (TPSA) is 78.9 Å². The largest absolute Gasteiger partial charge is 0.480 e. The highest BCUT2D eigenvalue weighted by molar-refractivity contribution is 5.91. The number of nitrogens with zero attached hydrogens (tertiary/aromatic N) is 1. The first-order valence-corrected chi connectivity index (χ1v) is 6.08. The van der Waals surface area contributed by atoms with Crippen LogP contribution in [-0.2, 0) is 14.3 Å². The van der Waals surface area contributed by atoms with Gasteiger partial charge in [-0.05, 0) is 38.8 Å². The number of piperidine rings is 1. The maximum Gasteiger partial charge on any atom is 0.326 e. The molecule has 0 radical (unpaired) electrons. The summed E-state index contributed by atoms with van der Waals surface area (Å²) in [5.41, 5.74) is -0.746. The molecular formula is C11H16N2O4. The van der Waals surface area contributed by atoms with Crippen molar-refractivity contribution in [3.63, 3.8) is 0 Å². The van der Waals surface area contributed by atoms with Gasteiger partial charge in [-0.3, -0.25) is 4.79 Å². The van der Waals surface area contributed by atoms with Gasteiger partial charge in [0.15, 0.2) is 5.60 Å². The number of fused-ring (bicyclic) bond motifs is 1. The van der Waals surface area contributed by atoms with Gasteiger partial charge in [0.2, 0.25) is 0 Å². The first kappa shape index (κ1) is 11.0. The second kappa shape index (κ2) is 3.68. The maximum atomic E-state index is 12.4. The number of ether oxygens (including phenoxy) is 1. The van der Waals surface area contributed by atoms with E-state index in [0.29, 0.717) is 25.7 Å². The average Bonchev–Trinajstić information content (AvgIpc) is 2.81. The third kappa shape index (κ3) is 1.47. The lowest BCUT2D eigenvalue weighted by Crippen LogP contribution is -2.51. The molecule has 0 aromatic heterocycles. The van der Waals surface area contributed by atoms with E-state index in [9.17, 15) is 9.59 Å². The quantitative estimate of drug-likeness (QED) is 0.648. The molecule has 94 valence electrons. The van der Waals surface area contributed by atoms with Gasteiger partial charge < -0.3 is 20.1 Å². The Labute approximate surface area is 98.9 Å². The molecule has 3 rings (SSSR count). The number of carbonyl (C=O) groups excluding carboxylic acids is 1. The van der Waals surface area contributed by atoms with E-state index in [4.69, 9.17) is 9.84 Å². The maximum absolute atomic E-state index is 12.4. The summed E-state index contributed by atoms with van der Waals surface area (Å²) in [5, 5.41) is 12.3. The molecule has 0 aromatic carbocycles. The van der Waals surface area contributed by atoms with Crippen molar-refractivity contribution in [1.29, 1.82) is 0 Å². The van der Waals surface area contributed by atoms with Crippen LogP contribution in [0.15, 0.2) is 0 Å². The minimum atomic E-state index is -0.921. The van der Waals surface area contributed by atoms with Crippen LogP contribution in [0.1, 0.15) is 25.7 Å². The Morgan fingerprint density at radius 3 is 2.76 bits per heavy atom. The van der Waals surface area contributed by atoms with Crippen LogP contribution in [0, 0.1) is 0 Å². The molecule has 0 saturated carbocycles. The van der Waals surface area contributed by atoms with Crippen molar-refractivity contribution in [1.82, 2.24) is 10.2 Å². The first-order valence-electron chi connectivity index (χ1n) is 6.08. The summed E-state index contributed by atoms with van der Waals surface area (Å²) in [6.07, 6.45) is 2.11. The van der Waals surface area contributed by atoms with Crippen molar-refractivity contribution >= 4 is 11.9 Å². The molecule has 0 bridgehead atoms. The third-order valence-electron chi connectivity index (χ3n) is 4.02. The first-order chi connectivity index (χ1) is 8.14. The van der Waals surface area contributed by atoms with Gasteiger partial charge >= 0.3 is 5.97 Å². The second-order valence-electron chi connectivity index (χ2n) is 4.96. The second-order valence-corrected chi connectivity index (χ2v) is 4.96. The minimum absolute atomic E-state index is 0.117. The van der Waals surface area contributed by atoms with E-state index >= 15 is 0 Å². The van der Waals surface area contributed by atoms with Crippen LogP contribution in [0.5, 0.6) is 0 Å². The summed E-state index contributed by atoms with van der Waals surface area (Å²) in [6.45, 7) is 1.51. The lowest BCUT2D eigenvalue weighted by Gasteiger charge is -2.31. The fraction of sp³-hybridized carbons (Fsp3) is 0.818. The molecule has 1 amide bonds. The molecule has 3 fully saturated rings. The smallest absolute Gasteiger partial charge is 0.326 e. The van der Waals surface area contributed by atoms with Crippen molar-refractivity contribution in [2.75, 3.05) is 13.1 Å². The van der Waals surface area contributed by atoms with Gasteiger partial charge in [0.25, 0.3) is 5.91 Å². The Morgan fingerprint density at radius 1 is 1.41 bits per heavy atom. The lowest BCUT2D eigenvalue weighted by atomic mass is 9.91. The number of aliphatic carboxylic acids is 1. The lowest BCUT2D eigenvalue weighted by molar-refractivity contribution is -0.149. The molecule has 3 heterocycles. The molecular weight excluding hydrogens is 224 g/mol. The van der Waals surface area contributed by atoms with Crippen LogP contribution in [0.2, 0.25) is 0 Å². The molecule has 6 heteroatoms. The Bertz CT molecular complexity index is 364. The van der Waals surface area contributed by atoms with Gasteiger partial charge in [-0.25, -0.2) is 4.79 Å². The Balaban J connectivity index is 1.86. The number of carboxylic acids is 1. The molecule has 3 aliphatic rings.